The van der Waals surface area contributed by atoms with E-state index in [1.807, 2.05) is 0 Å². The minimum atomic E-state index is -0.814. The zero-order valence-corrected chi connectivity index (χ0v) is 7.78. The van der Waals surface area contributed by atoms with Crippen molar-refractivity contribution in [3.63, 3.8) is 0 Å². The first-order chi connectivity index (χ1) is 5.09. The van der Waals surface area contributed by atoms with Crippen LogP contribution >= 0.6 is 12.2 Å². The number of carbonyl (C=O) groups is 1. The van der Waals surface area contributed by atoms with Gasteiger partial charge in [-0.2, -0.15) is 0 Å². The van der Waals surface area contributed by atoms with E-state index in [4.69, 9.17) is 17.3 Å². The predicted molar refractivity (Wildman–Crippen MR) is 48.9 cm³/mol. The van der Waals surface area contributed by atoms with Crippen molar-refractivity contribution in [2.24, 2.45) is 5.92 Å². The van der Waals surface area contributed by atoms with Crippen LogP contribution in [0.1, 0.15) is 33.1 Å². The Morgan fingerprint density at radius 1 is 1.64 bits per heavy atom. The third-order valence-corrected chi connectivity index (χ3v) is 2.19. The molecular formula is C8H14O2S. The molecule has 1 atom stereocenters. The molecule has 2 nitrogen and oxygen atoms in total. The molecule has 1 unspecified atom stereocenters. The molecule has 11 heavy (non-hydrogen) atoms. The average Bonchev–Trinajstić information content (AvgIpc) is 1.98. The van der Waals surface area contributed by atoms with Gasteiger partial charge >= 0.3 is 5.97 Å². The zero-order valence-electron chi connectivity index (χ0n) is 6.96. The molecule has 1 N–H and O–H groups in total. The molecule has 0 saturated heterocycles. The fourth-order valence-electron chi connectivity index (χ4n) is 0.705. The molecule has 0 aromatic carbocycles. The summed E-state index contributed by atoms with van der Waals surface area (Å²) in [5, 5.41) is 8.56. The smallest absolute Gasteiger partial charge is 0.311 e. The Kier molecular flexibility index (Phi) is 5.03. The van der Waals surface area contributed by atoms with Gasteiger partial charge in [0.1, 0.15) is 0 Å². The molecule has 0 bridgehead atoms. The summed E-state index contributed by atoms with van der Waals surface area (Å²) in [5.41, 5.74) is 0. The Bertz CT molecular complexity index is 154. The van der Waals surface area contributed by atoms with E-state index in [9.17, 15) is 4.79 Å². The summed E-state index contributed by atoms with van der Waals surface area (Å²) in [6, 6.07) is 0. The molecule has 64 valence electrons. The van der Waals surface area contributed by atoms with Gasteiger partial charge in [-0.1, -0.05) is 25.6 Å². The highest BCUT2D eigenvalue weighted by Crippen LogP contribution is 2.07. The largest absolute Gasteiger partial charge is 0.481 e. The molecule has 0 rings (SSSR count). The normalized spacial score (nSPS) is 12.5. The van der Waals surface area contributed by atoms with E-state index in [1.165, 1.54) is 0 Å². The summed E-state index contributed by atoms with van der Waals surface area (Å²) in [6.07, 6.45) is 2.82. The Balaban J connectivity index is 3.74. The Hall–Kier alpha value is -0.440. The van der Waals surface area contributed by atoms with Gasteiger partial charge in [-0.05, 0) is 19.8 Å². The van der Waals surface area contributed by atoms with Gasteiger partial charge in [0.2, 0.25) is 0 Å². The molecule has 3 heteroatoms. The van der Waals surface area contributed by atoms with Crippen molar-refractivity contribution >= 4 is 23.1 Å². The van der Waals surface area contributed by atoms with Gasteiger partial charge < -0.3 is 5.11 Å². The number of hydrogen-bond donors (Lipinski definition) is 1. The van der Waals surface area contributed by atoms with Crippen LogP contribution in [0.3, 0.4) is 0 Å². The van der Waals surface area contributed by atoms with Crippen molar-refractivity contribution in [3.05, 3.63) is 0 Å². The van der Waals surface area contributed by atoms with Crippen LogP contribution < -0.4 is 0 Å². The van der Waals surface area contributed by atoms with E-state index < -0.39 is 11.9 Å². The second-order valence-corrected chi connectivity index (χ2v) is 3.15. The third kappa shape index (κ3) is 4.09. The number of rotatable bonds is 5. The SMILES string of the molecule is CCCCC(=S)C(C)C(=O)O. The molecule has 0 saturated carbocycles. The first-order valence-electron chi connectivity index (χ1n) is 3.85. The van der Waals surface area contributed by atoms with Gasteiger partial charge in [0.15, 0.2) is 0 Å². The van der Waals surface area contributed by atoms with Crippen LogP contribution in [0.2, 0.25) is 0 Å². The van der Waals surface area contributed by atoms with Gasteiger partial charge in [0.05, 0.1) is 5.92 Å². The minimum Gasteiger partial charge on any atom is -0.481 e. The van der Waals surface area contributed by atoms with Gasteiger partial charge in [0, 0.05) is 4.86 Å². The number of unbranched alkanes of at least 4 members (excludes halogenated alkanes) is 1. The standard InChI is InChI=1S/C8H14O2S/c1-3-4-5-7(11)6(2)8(9)10/h6H,3-5H2,1-2H3,(H,9,10). The van der Waals surface area contributed by atoms with Gasteiger partial charge in [0.25, 0.3) is 0 Å². The van der Waals surface area contributed by atoms with E-state index in [-0.39, 0.29) is 0 Å². The topological polar surface area (TPSA) is 37.3 Å². The average molecular weight is 174 g/mol. The maximum absolute atomic E-state index is 10.4. The molecule has 0 aromatic heterocycles. The van der Waals surface area contributed by atoms with Crippen LogP contribution in [0.5, 0.6) is 0 Å². The number of carboxylic acid groups (broad SMARTS) is 1. The highest BCUT2D eigenvalue weighted by molar-refractivity contribution is 7.80. The lowest BCUT2D eigenvalue weighted by Crippen LogP contribution is -2.18. The van der Waals surface area contributed by atoms with E-state index >= 15 is 0 Å². The molecule has 0 radical (unpaired) electrons. The lowest BCUT2D eigenvalue weighted by atomic mass is 10.0. The van der Waals surface area contributed by atoms with Gasteiger partial charge in [-0.25, -0.2) is 0 Å². The van der Waals surface area contributed by atoms with E-state index in [0.717, 1.165) is 19.3 Å². The van der Waals surface area contributed by atoms with Gasteiger partial charge in [-0.15, -0.1) is 0 Å². The summed E-state index contributed by atoms with van der Waals surface area (Å²) in [6.45, 7) is 3.70. The quantitative estimate of drug-likeness (QED) is 0.650. The molecule has 0 aliphatic carbocycles. The van der Waals surface area contributed by atoms with Crippen LogP contribution in [0.4, 0.5) is 0 Å². The summed E-state index contributed by atoms with van der Waals surface area (Å²) < 4.78 is 0. The molecule has 0 aliphatic heterocycles. The van der Waals surface area contributed by atoms with Crippen LogP contribution in [0, 0.1) is 5.92 Å². The molecule has 0 aliphatic rings. The molecule has 0 fully saturated rings. The van der Waals surface area contributed by atoms with Crippen LogP contribution in [-0.4, -0.2) is 15.9 Å². The van der Waals surface area contributed by atoms with Crippen molar-refractivity contribution < 1.29 is 9.90 Å². The number of thiocarbonyl (C=S) groups is 1. The van der Waals surface area contributed by atoms with Crippen LogP contribution in [0.15, 0.2) is 0 Å². The molecule has 0 spiro atoms. The fraction of sp³-hybridized carbons (Fsp3) is 0.750. The predicted octanol–water partition coefficient (Wildman–Crippen LogP) is 2.27. The van der Waals surface area contributed by atoms with Crippen molar-refractivity contribution in [1.29, 1.82) is 0 Å². The minimum absolute atomic E-state index is 0.462. The Labute approximate surface area is 72.6 Å². The van der Waals surface area contributed by atoms with Crippen molar-refractivity contribution in [2.45, 2.75) is 33.1 Å². The third-order valence-electron chi connectivity index (χ3n) is 1.63. The van der Waals surface area contributed by atoms with Gasteiger partial charge in [-0.3, -0.25) is 4.79 Å². The first-order valence-corrected chi connectivity index (χ1v) is 4.26. The monoisotopic (exact) mass is 174 g/mol. The van der Waals surface area contributed by atoms with Crippen molar-refractivity contribution in [1.82, 2.24) is 0 Å². The summed E-state index contributed by atoms with van der Waals surface area (Å²) in [5.74, 6) is -1.28. The molecule has 0 aromatic rings. The number of carboxylic acids is 1. The van der Waals surface area contributed by atoms with Crippen molar-refractivity contribution in [2.75, 3.05) is 0 Å². The lowest BCUT2D eigenvalue weighted by Gasteiger charge is -2.06. The molecular weight excluding hydrogens is 160 g/mol. The molecule has 0 heterocycles. The maximum atomic E-state index is 10.4. The van der Waals surface area contributed by atoms with Crippen LogP contribution in [-0.2, 0) is 4.79 Å². The zero-order chi connectivity index (χ0) is 8.85. The van der Waals surface area contributed by atoms with E-state index in [2.05, 4.69) is 6.92 Å². The molecule has 0 amide bonds. The second-order valence-electron chi connectivity index (χ2n) is 2.63. The maximum Gasteiger partial charge on any atom is 0.311 e. The van der Waals surface area contributed by atoms with Crippen LogP contribution in [0.25, 0.3) is 0 Å². The highest BCUT2D eigenvalue weighted by atomic mass is 32.1. The number of aliphatic carboxylic acids is 1. The van der Waals surface area contributed by atoms with E-state index in [0.29, 0.717) is 4.86 Å². The summed E-state index contributed by atoms with van der Waals surface area (Å²) >= 11 is 4.94. The number of hydrogen-bond acceptors (Lipinski definition) is 2. The van der Waals surface area contributed by atoms with E-state index in [1.54, 1.807) is 6.92 Å². The highest BCUT2D eigenvalue weighted by Gasteiger charge is 2.15. The fourth-order valence-corrected chi connectivity index (χ4v) is 0.950. The second kappa shape index (κ2) is 5.24. The Morgan fingerprint density at radius 2 is 2.18 bits per heavy atom. The first kappa shape index (κ1) is 10.6. The Morgan fingerprint density at radius 3 is 2.55 bits per heavy atom. The lowest BCUT2D eigenvalue weighted by molar-refractivity contribution is -0.138. The van der Waals surface area contributed by atoms with Crippen molar-refractivity contribution in [3.8, 4) is 0 Å². The summed E-state index contributed by atoms with van der Waals surface area (Å²) in [7, 11) is 0. The summed E-state index contributed by atoms with van der Waals surface area (Å²) in [4.78, 5) is 11.1.